The van der Waals surface area contributed by atoms with E-state index in [1.807, 2.05) is 30.0 Å². The third kappa shape index (κ3) is 3.25. The fourth-order valence-corrected chi connectivity index (χ4v) is 3.15. The van der Waals surface area contributed by atoms with Gasteiger partial charge >= 0.3 is 0 Å². The molecule has 1 aliphatic heterocycles. The van der Waals surface area contributed by atoms with Crippen molar-refractivity contribution in [2.45, 2.75) is 31.8 Å². The summed E-state index contributed by atoms with van der Waals surface area (Å²) in [5.74, 6) is 3.46. The molecule has 1 aromatic carbocycles. The number of thioether (sulfide) groups is 1. The van der Waals surface area contributed by atoms with Gasteiger partial charge in [0.15, 0.2) is 0 Å². The number of para-hydroxylation sites is 1. The Balaban J connectivity index is 2.11. The number of carbonyl (C=O) groups excluding carboxylic acids is 1. The molecule has 0 amide bonds. The standard InChI is InChI=1S/C14H18O2S/c1-11(6-8-15)13-4-2-3-5-14(13)16-12-7-9-17-10-12/h2-5,8,11-12H,6-7,9-10H2,1H3. The van der Waals surface area contributed by atoms with Gasteiger partial charge in [-0.05, 0) is 29.7 Å². The first-order chi connectivity index (χ1) is 8.31. The smallest absolute Gasteiger partial charge is 0.123 e. The summed E-state index contributed by atoms with van der Waals surface area (Å²) in [5, 5.41) is 0. The third-order valence-corrected chi connectivity index (χ3v) is 4.21. The number of aldehydes is 1. The van der Waals surface area contributed by atoms with Crippen molar-refractivity contribution in [1.29, 1.82) is 0 Å². The monoisotopic (exact) mass is 250 g/mol. The predicted molar refractivity (Wildman–Crippen MR) is 71.9 cm³/mol. The topological polar surface area (TPSA) is 26.3 Å². The molecule has 0 aromatic heterocycles. The quantitative estimate of drug-likeness (QED) is 0.750. The lowest BCUT2D eigenvalue weighted by atomic mass is 9.97. The molecule has 2 atom stereocenters. The second-order valence-electron chi connectivity index (χ2n) is 4.44. The normalized spacial score (nSPS) is 21.1. The molecular formula is C14H18O2S. The molecule has 1 aromatic rings. The van der Waals surface area contributed by atoms with Gasteiger partial charge < -0.3 is 9.53 Å². The zero-order chi connectivity index (χ0) is 12.1. The van der Waals surface area contributed by atoms with Crippen LogP contribution in [0.2, 0.25) is 0 Å². The molecule has 0 bridgehead atoms. The Labute approximate surface area is 107 Å². The summed E-state index contributed by atoms with van der Waals surface area (Å²) in [6.07, 6.45) is 3.00. The molecule has 2 nitrogen and oxygen atoms in total. The molecule has 0 spiro atoms. The van der Waals surface area contributed by atoms with Gasteiger partial charge in [-0.1, -0.05) is 25.1 Å². The van der Waals surface area contributed by atoms with Crippen LogP contribution in [0.1, 0.15) is 31.2 Å². The van der Waals surface area contributed by atoms with E-state index >= 15 is 0 Å². The van der Waals surface area contributed by atoms with Gasteiger partial charge in [0.25, 0.3) is 0 Å². The van der Waals surface area contributed by atoms with Crippen LogP contribution < -0.4 is 4.74 Å². The molecule has 0 N–H and O–H groups in total. The van der Waals surface area contributed by atoms with Crippen LogP contribution in [-0.2, 0) is 4.79 Å². The Bertz CT molecular complexity index is 372. The molecule has 17 heavy (non-hydrogen) atoms. The summed E-state index contributed by atoms with van der Waals surface area (Å²) in [5.41, 5.74) is 1.15. The molecule has 0 saturated carbocycles. The largest absolute Gasteiger partial charge is 0.489 e. The van der Waals surface area contributed by atoms with Gasteiger partial charge in [0.05, 0.1) is 0 Å². The van der Waals surface area contributed by atoms with Crippen LogP contribution in [0.15, 0.2) is 24.3 Å². The van der Waals surface area contributed by atoms with Crippen LogP contribution in [0.3, 0.4) is 0 Å². The Morgan fingerprint density at radius 3 is 3.06 bits per heavy atom. The Kier molecular flexibility index (Phi) is 4.49. The maximum atomic E-state index is 10.6. The lowest BCUT2D eigenvalue weighted by Gasteiger charge is -2.18. The van der Waals surface area contributed by atoms with Crippen molar-refractivity contribution in [3.8, 4) is 5.75 Å². The lowest BCUT2D eigenvalue weighted by Crippen LogP contribution is -2.16. The summed E-state index contributed by atoms with van der Waals surface area (Å²) in [7, 11) is 0. The van der Waals surface area contributed by atoms with Gasteiger partial charge in [0, 0.05) is 12.2 Å². The average Bonchev–Trinajstić information content (AvgIpc) is 2.83. The molecule has 1 heterocycles. The molecular weight excluding hydrogens is 232 g/mol. The molecule has 92 valence electrons. The van der Waals surface area contributed by atoms with E-state index in [4.69, 9.17) is 4.74 Å². The fourth-order valence-electron chi connectivity index (χ4n) is 2.05. The Morgan fingerprint density at radius 1 is 1.53 bits per heavy atom. The van der Waals surface area contributed by atoms with Crippen LogP contribution in [0.25, 0.3) is 0 Å². The minimum absolute atomic E-state index is 0.234. The number of rotatable bonds is 5. The lowest BCUT2D eigenvalue weighted by molar-refractivity contribution is -0.108. The van der Waals surface area contributed by atoms with E-state index in [2.05, 4.69) is 13.0 Å². The second-order valence-corrected chi connectivity index (χ2v) is 5.59. The molecule has 1 fully saturated rings. The molecule has 2 unspecified atom stereocenters. The second kappa shape index (κ2) is 6.10. The van der Waals surface area contributed by atoms with Crippen molar-refractivity contribution in [3.05, 3.63) is 29.8 Å². The van der Waals surface area contributed by atoms with E-state index in [1.54, 1.807) is 0 Å². The van der Waals surface area contributed by atoms with Gasteiger partial charge in [-0.25, -0.2) is 0 Å². The maximum absolute atomic E-state index is 10.6. The van der Waals surface area contributed by atoms with E-state index in [1.165, 1.54) is 5.75 Å². The number of benzene rings is 1. The highest BCUT2D eigenvalue weighted by atomic mass is 32.2. The Morgan fingerprint density at radius 2 is 2.35 bits per heavy atom. The third-order valence-electron chi connectivity index (χ3n) is 3.08. The SMILES string of the molecule is CC(CC=O)c1ccccc1OC1CCSC1. The minimum Gasteiger partial charge on any atom is -0.489 e. The first kappa shape index (κ1) is 12.5. The summed E-state index contributed by atoms with van der Waals surface area (Å²) < 4.78 is 6.04. The van der Waals surface area contributed by atoms with Crippen molar-refractivity contribution < 1.29 is 9.53 Å². The van der Waals surface area contributed by atoms with Crippen LogP contribution in [0.5, 0.6) is 5.75 Å². The van der Waals surface area contributed by atoms with Crippen LogP contribution in [-0.4, -0.2) is 23.9 Å². The number of carbonyl (C=O) groups is 1. The highest BCUT2D eigenvalue weighted by Gasteiger charge is 2.19. The summed E-state index contributed by atoms with van der Waals surface area (Å²) in [6, 6.07) is 8.08. The molecule has 1 aliphatic rings. The number of hydrogen-bond donors (Lipinski definition) is 0. The van der Waals surface area contributed by atoms with Gasteiger partial charge in [-0.3, -0.25) is 0 Å². The Hall–Kier alpha value is -0.960. The van der Waals surface area contributed by atoms with E-state index in [-0.39, 0.29) is 5.92 Å². The van der Waals surface area contributed by atoms with Crippen molar-refractivity contribution in [3.63, 3.8) is 0 Å². The van der Waals surface area contributed by atoms with Crippen LogP contribution in [0, 0.1) is 0 Å². The van der Waals surface area contributed by atoms with E-state index in [0.29, 0.717) is 12.5 Å². The van der Waals surface area contributed by atoms with Crippen molar-refractivity contribution in [2.75, 3.05) is 11.5 Å². The van der Waals surface area contributed by atoms with Crippen molar-refractivity contribution in [2.24, 2.45) is 0 Å². The number of ether oxygens (including phenoxy) is 1. The van der Waals surface area contributed by atoms with Crippen molar-refractivity contribution >= 4 is 18.0 Å². The fraction of sp³-hybridized carbons (Fsp3) is 0.500. The molecule has 0 radical (unpaired) electrons. The predicted octanol–water partition coefficient (Wildman–Crippen LogP) is 3.26. The maximum Gasteiger partial charge on any atom is 0.123 e. The molecule has 2 rings (SSSR count). The molecule has 3 heteroatoms. The van der Waals surface area contributed by atoms with Gasteiger partial charge in [0.2, 0.25) is 0 Å². The van der Waals surface area contributed by atoms with Crippen molar-refractivity contribution in [1.82, 2.24) is 0 Å². The van der Waals surface area contributed by atoms with Gasteiger partial charge in [-0.15, -0.1) is 0 Å². The van der Waals surface area contributed by atoms with Gasteiger partial charge in [-0.2, -0.15) is 11.8 Å². The first-order valence-corrected chi connectivity index (χ1v) is 7.23. The van der Waals surface area contributed by atoms with Crippen LogP contribution in [0.4, 0.5) is 0 Å². The highest BCUT2D eigenvalue weighted by Crippen LogP contribution is 2.31. The zero-order valence-corrected chi connectivity index (χ0v) is 10.9. The average molecular weight is 250 g/mol. The van der Waals surface area contributed by atoms with E-state index in [9.17, 15) is 4.79 Å². The first-order valence-electron chi connectivity index (χ1n) is 6.08. The number of hydrogen-bond acceptors (Lipinski definition) is 3. The summed E-state index contributed by atoms with van der Waals surface area (Å²) in [4.78, 5) is 10.6. The van der Waals surface area contributed by atoms with E-state index < -0.39 is 0 Å². The van der Waals surface area contributed by atoms with Gasteiger partial charge in [0.1, 0.15) is 18.1 Å². The summed E-state index contributed by atoms with van der Waals surface area (Å²) in [6.45, 7) is 2.07. The van der Waals surface area contributed by atoms with Crippen LogP contribution >= 0.6 is 11.8 Å². The zero-order valence-electron chi connectivity index (χ0n) is 10.1. The molecule has 0 aliphatic carbocycles. The molecule has 1 saturated heterocycles. The summed E-state index contributed by atoms with van der Waals surface area (Å²) >= 11 is 1.94. The minimum atomic E-state index is 0.234. The highest BCUT2D eigenvalue weighted by molar-refractivity contribution is 7.99. The van der Waals surface area contributed by atoms with E-state index in [0.717, 1.165) is 29.8 Å².